The molecule has 1 saturated carbocycles. The van der Waals surface area contributed by atoms with Gasteiger partial charge in [-0.1, -0.05) is 11.6 Å². The summed E-state index contributed by atoms with van der Waals surface area (Å²) in [5, 5.41) is 0.122. The maximum atomic E-state index is 12.6. The Morgan fingerprint density at radius 3 is 2.40 bits per heavy atom. The van der Waals surface area contributed by atoms with Crippen molar-refractivity contribution in [2.45, 2.75) is 25.2 Å². The maximum absolute atomic E-state index is 12.6. The van der Waals surface area contributed by atoms with Gasteiger partial charge < -0.3 is 0 Å². The molecule has 0 bridgehead atoms. The Hall–Kier alpha value is -0.770. The quantitative estimate of drug-likeness (QED) is 0.653. The van der Waals surface area contributed by atoms with Crippen LogP contribution in [-0.4, -0.2) is 17.5 Å². The Morgan fingerprint density at radius 2 is 1.93 bits per heavy atom. The monoisotopic (exact) mass is 234 g/mol. The van der Waals surface area contributed by atoms with Crippen LogP contribution in [0.2, 0.25) is 0 Å². The lowest BCUT2D eigenvalue weighted by atomic mass is 9.69. The lowest BCUT2D eigenvalue weighted by molar-refractivity contribution is -0.142. The summed E-state index contributed by atoms with van der Waals surface area (Å²) < 4.78 is 25.3. The molecule has 2 nitrogen and oxygen atoms in total. The van der Waals surface area contributed by atoms with Crippen molar-refractivity contribution >= 4 is 23.2 Å². The number of ketones is 2. The Labute approximate surface area is 90.3 Å². The van der Waals surface area contributed by atoms with E-state index in [0.717, 1.165) is 0 Å². The van der Waals surface area contributed by atoms with Crippen LogP contribution in [-0.2, 0) is 9.59 Å². The molecular formula is C10H9ClF2O2. The molecule has 0 heterocycles. The highest BCUT2D eigenvalue weighted by atomic mass is 35.5. The zero-order valence-electron chi connectivity index (χ0n) is 7.80. The number of allylic oxidation sites excluding steroid dienone is 2. The molecule has 1 fully saturated rings. The maximum Gasteiger partial charge on any atom is 0.248 e. The standard InChI is InChI=1S/C10H9ClF2O2/c11-7-1-6(14)2-8(15)9(7)5-3-10(12,13)4-5/h1,5,9H,2-4H2. The number of Topliss-reactive ketones (excluding diaryl/α,β-unsaturated/α-hetero) is 1. The van der Waals surface area contributed by atoms with Crippen molar-refractivity contribution in [1.82, 2.24) is 0 Å². The second-order valence-electron chi connectivity index (χ2n) is 4.14. The summed E-state index contributed by atoms with van der Waals surface area (Å²) in [5.41, 5.74) is 0. The van der Waals surface area contributed by atoms with Gasteiger partial charge in [0.2, 0.25) is 5.92 Å². The van der Waals surface area contributed by atoms with E-state index in [1.165, 1.54) is 6.08 Å². The first kappa shape index (κ1) is 10.7. The van der Waals surface area contributed by atoms with Gasteiger partial charge in [-0.2, -0.15) is 0 Å². The molecule has 2 aliphatic carbocycles. The molecule has 0 aromatic heterocycles. The van der Waals surface area contributed by atoms with Crippen LogP contribution in [0.25, 0.3) is 0 Å². The van der Waals surface area contributed by atoms with Gasteiger partial charge in [-0.25, -0.2) is 8.78 Å². The minimum Gasteiger partial charge on any atom is -0.298 e. The van der Waals surface area contributed by atoms with Gasteiger partial charge in [0.15, 0.2) is 5.78 Å². The molecule has 5 heteroatoms. The summed E-state index contributed by atoms with van der Waals surface area (Å²) in [7, 11) is 0. The van der Waals surface area contributed by atoms with Crippen molar-refractivity contribution in [1.29, 1.82) is 0 Å². The highest BCUT2D eigenvalue weighted by Crippen LogP contribution is 2.49. The van der Waals surface area contributed by atoms with Crippen LogP contribution in [0, 0.1) is 11.8 Å². The fourth-order valence-corrected chi connectivity index (χ4v) is 2.58. The number of carbonyl (C=O) groups is 2. The van der Waals surface area contributed by atoms with E-state index in [1.54, 1.807) is 0 Å². The van der Waals surface area contributed by atoms with Crippen molar-refractivity contribution in [2.75, 3.05) is 0 Å². The van der Waals surface area contributed by atoms with E-state index in [2.05, 4.69) is 0 Å². The molecule has 1 atom stereocenters. The lowest BCUT2D eigenvalue weighted by Gasteiger charge is -2.40. The van der Waals surface area contributed by atoms with Crippen LogP contribution in [0.3, 0.4) is 0 Å². The molecule has 0 spiro atoms. The fourth-order valence-electron chi connectivity index (χ4n) is 2.16. The summed E-state index contributed by atoms with van der Waals surface area (Å²) in [4.78, 5) is 22.4. The van der Waals surface area contributed by atoms with Crippen LogP contribution in [0.1, 0.15) is 19.3 Å². The predicted molar refractivity (Wildman–Crippen MR) is 49.7 cm³/mol. The van der Waals surface area contributed by atoms with Gasteiger partial charge in [-0.05, 0) is 12.0 Å². The van der Waals surface area contributed by atoms with Crippen molar-refractivity contribution in [3.8, 4) is 0 Å². The Balaban J connectivity index is 2.13. The topological polar surface area (TPSA) is 34.1 Å². The number of alkyl halides is 2. The minimum atomic E-state index is -2.66. The zero-order valence-corrected chi connectivity index (χ0v) is 8.56. The lowest BCUT2D eigenvalue weighted by Crippen LogP contribution is -2.43. The zero-order chi connectivity index (χ0) is 11.2. The van der Waals surface area contributed by atoms with E-state index in [1.807, 2.05) is 0 Å². The van der Waals surface area contributed by atoms with Crippen molar-refractivity contribution < 1.29 is 18.4 Å². The number of halogens is 3. The van der Waals surface area contributed by atoms with E-state index in [-0.39, 0.29) is 35.9 Å². The molecular weight excluding hydrogens is 226 g/mol. The molecule has 0 aromatic rings. The fraction of sp³-hybridized carbons (Fsp3) is 0.600. The average molecular weight is 235 g/mol. The summed E-state index contributed by atoms with van der Waals surface area (Å²) in [6.07, 6.45) is 0.371. The number of hydrogen-bond acceptors (Lipinski definition) is 2. The minimum absolute atomic E-state index is 0.122. The third-order valence-electron chi connectivity index (χ3n) is 2.88. The molecule has 1 unspecified atom stereocenters. The predicted octanol–water partition coefficient (Wildman–Crippen LogP) is 2.31. The molecule has 2 aliphatic rings. The Kier molecular flexibility index (Phi) is 2.41. The highest BCUT2D eigenvalue weighted by molar-refractivity contribution is 6.35. The van der Waals surface area contributed by atoms with Crippen LogP contribution in [0.15, 0.2) is 11.1 Å². The number of hydrogen-bond donors (Lipinski definition) is 0. The van der Waals surface area contributed by atoms with Gasteiger partial charge in [0.1, 0.15) is 5.78 Å². The highest BCUT2D eigenvalue weighted by Gasteiger charge is 2.51. The third-order valence-corrected chi connectivity index (χ3v) is 3.23. The van der Waals surface area contributed by atoms with Crippen LogP contribution in [0.5, 0.6) is 0 Å². The van der Waals surface area contributed by atoms with Crippen LogP contribution in [0.4, 0.5) is 8.78 Å². The number of rotatable bonds is 1. The Bertz CT molecular complexity index is 354. The van der Waals surface area contributed by atoms with E-state index >= 15 is 0 Å². The molecule has 0 aromatic carbocycles. The van der Waals surface area contributed by atoms with Crippen LogP contribution >= 0.6 is 11.6 Å². The van der Waals surface area contributed by atoms with Crippen molar-refractivity contribution in [2.24, 2.45) is 11.8 Å². The second kappa shape index (κ2) is 3.37. The van der Waals surface area contributed by atoms with Gasteiger partial charge in [0.05, 0.1) is 12.3 Å². The molecule has 2 rings (SSSR count). The van der Waals surface area contributed by atoms with E-state index < -0.39 is 17.8 Å². The van der Waals surface area contributed by atoms with Gasteiger partial charge in [-0.3, -0.25) is 9.59 Å². The summed E-state index contributed by atoms with van der Waals surface area (Å²) >= 11 is 5.75. The molecule has 0 radical (unpaired) electrons. The number of carbonyl (C=O) groups excluding carboxylic acids is 2. The molecule has 0 N–H and O–H groups in total. The van der Waals surface area contributed by atoms with Crippen molar-refractivity contribution in [3.63, 3.8) is 0 Å². The first-order valence-corrected chi connectivity index (χ1v) is 5.07. The first-order valence-electron chi connectivity index (χ1n) is 4.69. The molecule has 82 valence electrons. The summed E-state index contributed by atoms with van der Waals surface area (Å²) in [6.45, 7) is 0. The van der Waals surface area contributed by atoms with E-state index in [0.29, 0.717) is 0 Å². The summed E-state index contributed by atoms with van der Waals surface area (Å²) in [5.74, 6) is -4.41. The summed E-state index contributed by atoms with van der Waals surface area (Å²) in [6, 6.07) is 0. The van der Waals surface area contributed by atoms with Gasteiger partial charge in [-0.15, -0.1) is 0 Å². The average Bonchev–Trinajstić information content (AvgIpc) is 1.98. The second-order valence-corrected chi connectivity index (χ2v) is 4.58. The van der Waals surface area contributed by atoms with Crippen molar-refractivity contribution in [3.05, 3.63) is 11.1 Å². The molecule has 0 aliphatic heterocycles. The van der Waals surface area contributed by atoms with E-state index in [4.69, 9.17) is 11.6 Å². The van der Waals surface area contributed by atoms with Gasteiger partial charge in [0.25, 0.3) is 0 Å². The SMILES string of the molecule is O=C1C=C(Cl)C(C2CC(F)(F)C2)C(=O)C1. The van der Waals surface area contributed by atoms with Gasteiger partial charge >= 0.3 is 0 Å². The molecule has 0 saturated heterocycles. The van der Waals surface area contributed by atoms with Crippen LogP contribution < -0.4 is 0 Å². The normalized spacial score (nSPS) is 31.1. The largest absolute Gasteiger partial charge is 0.298 e. The van der Waals surface area contributed by atoms with Gasteiger partial charge in [0, 0.05) is 17.9 Å². The van der Waals surface area contributed by atoms with E-state index in [9.17, 15) is 18.4 Å². The molecule has 0 amide bonds. The molecule has 15 heavy (non-hydrogen) atoms. The Morgan fingerprint density at radius 1 is 1.33 bits per heavy atom. The smallest absolute Gasteiger partial charge is 0.248 e. The first-order chi connectivity index (χ1) is 6.89. The third kappa shape index (κ3) is 1.95.